The number of aryl methyl sites for hydroxylation is 3. The number of hydrogen-bond donors (Lipinski definition) is 3. The Morgan fingerprint density at radius 2 is 1.64 bits per heavy atom. The number of nitrogens with zero attached hydrogens (tertiary/aromatic N) is 4. The van der Waals surface area contributed by atoms with Crippen LogP contribution in [0.4, 0.5) is 28.8 Å². The van der Waals surface area contributed by atoms with Gasteiger partial charge < -0.3 is 20.5 Å². The Hall–Kier alpha value is -4.27. The maximum absolute atomic E-state index is 12.3. The zero-order chi connectivity index (χ0) is 23.2. The van der Waals surface area contributed by atoms with Crippen LogP contribution in [0.25, 0.3) is 0 Å². The highest BCUT2D eigenvalue weighted by atomic mass is 16.5. The van der Waals surface area contributed by atoms with Crippen molar-refractivity contribution in [3.05, 3.63) is 77.6 Å². The van der Waals surface area contributed by atoms with Gasteiger partial charge in [-0.15, -0.1) is 0 Å². The molecule has 0 spiro atoms. The maximum atomic E-state index is 12.3. The number of aromatic nitrogens is 4. The summed E-state index contributed by atoms with van der Waals surface area (Å²) in [5.41, 5.74) is 3.38. The smallest absolute Gasteiger partial charge is 0.224 e. The highest BCUT2D eigenvalue weighted by molar-refractivity contribution is 5.91. The first-order chi connectivity index (χ1) is 16.0. The molecule has 0 aliphatic heterocycles. The monoisotopic (exact) mass is 443 g/mol. The van der Waals surface area contributed by atoms with E-state index in [2.05, 4.69) is 36.1 Å². The van der Waals surface area contributed by atoms with E-state index in [9.17, 15) is 4.79 Å². The lowest BCUT2D eigenvalue weighted by atomic mass is 10.1. The SMILES string of the molecule is Cc1nc(Nc2ccc(NC(=O)CCc3c(C)noc3C)cc2)cc(Nc2ccccn2)n1. The van der Waals surface area contributed by atoms with Gasteiger partial charge in [0, 0.05) is 35.6 Å². The molecule has 0 atom stereocenters. The molecule has 0 saturated carbocycles. The van der Waals surface area contributed by atoms with Crippen molar-refractivity contribution in [2.45, 2.75) is 33.6 Å². The number of hydrogen-bond acceptors (Lipinski definition) is 8. The number of benzene rings is 1. The molecular weight excluding hydrogens is 418 g/mol. The quantitative estimate of drug-likeness (QED) is 0.354. The van der Waals surface area contributed by atoms with Gasteiger partial charge in [-0.1, -0.05) is 11.2 Å². The van der Waals surface area contributed by atoms with Gasteiger partial charge in [0.15, 0.2) is 0 Å². The Morgan fingerprint density at radius 3 is 2.30 bits per heavy atom. The first kappa shape index (κ1) is 21.9. The van der Waals surface area contributed by atoms with Gasteiger partial charge in [-0.05, 0) is 63.6 Å². The van der Waals surface area contributed by atoms with Crippen molar-refractivity contribution in [1.29, 1.82) is 0 Å². The molecule has 1 amide bonds. The number of rotatable bonds is 8. The predicted molar refractivity (Wildman–Crippen MR) is 127 cm³/mol. The van der Waals surface area contributed by atoms with Gasteiger partial charge in [0.2, 0.25) is 5.91 Å². The van der Waals surface area contributed by atoms with Crippen LogP contribution in [0.2, 0.25) is 0 Å². The number of carbonyl (C=O) groups is 1. The van der Waals surface area contributed by atoms with Crippen LogP contribution in [0, 0.1) is 20.8 Å². The van der Waals surface area contributed by atoms with E-state index in [4.69, 9.17) is 4.52 Å². The molecule has 0 unspecified atom stereocenters. The van der Waals surface area contributed by atoms with Crippen molar-refractivity contribution in [2.75, 3.05) is 16.0 Å². The van der Waals surface area contributed by atoms with Crippen molar-refractivity contribution in [3.63, 3.8) is 0 Å². The Labute approximate surface area is 191 Å². The third-order valence-corrected chi connectivity index (χ3v) is 4.98. The molecule has 3 heterocycles. The minimum absolute atomic E-state index is 0.0626. The number of nitrogens with one attached hydrogen (secondary N) is 3. The Morgan fingerprint density at radius 1 is 0.909 bits per heavy atom. The van der Waals surface area contributed by atoms with Gasteiger partial charge in [0.25, 0.3) is 0 Å². The fourth-order valence-electron chi connectivity index (χ4n) is 3.37. The zero-order valence-corrected chi connectivity index (χ0v) is 18.7. The standard InChI is InChI=1S/C24H25N7O2/c1-15-20(16(2)33-31-15)11-12-24(32)29-19-9-7-18(8-10-19)28-22-14-23(27-17(3)26-22)30-21-6-4-5-13-25-21/h4-10,13-14H,11-12H2,1-3H3,(H,29,32)(H2,25,26,27,28,30). The summed E-state index contributed by atoms with van der Waals surface area (Å²) in [6, 6.07) is 14.9. The molecule has 33 heavy (non-hydrogen) atoms. The molecule has 0 aliphatic rings. The number of carbonyl (C=O) groups excluding carboxylic acids is 1. The second kappa shape index (κ2) is 9.90. The van der Waals surface area contributed by atoms with Crippen LogP contribution in [0.15, 0.2) is 59.3 Å². The summed E-state index contributed by atoms with van der Waals surface area (Å²) in [5.74, 6) is 3.32. The zero-order valence-electron chi connectivity index (χ0n) is 18.7. The van der Waals surface area contributed by atoms with Crippen LogP contribution in [0.1, 0.15) is 29.3 Å². The van der Waals surface area contributed by atoms with E-state index in [1.165, 1.54) is 0 Å². The molecule has 3 N–H and O–H groups in total. The van der Waals surface area contributed by atoms with Crippen LogP contribution < -0.4 is 16.0 Å². The van der Waals surface area contributed by atoms with Crippen LogP contribution in [-0.4, -0.2) is 26.0 Å². The van der Waals surface area contributed by atoms with Crippen LogP contribution in [-0.2, 0) is 11.2 Å². The molecule has 9 heteroatoms. The predicted octanol–water partition coefficient (Wildman–Crippen LogP) is 4.84. The maximum Gasteiger partial charge on any atom is 0.224 e. The van der Waals surface area contributed by atoms with Gasteiger partial charge >= 0.3 is 0 Å². The van der Waals surface area contributed by atoms with Crippen LogP contribution in [0.5, 0.6) is 0 Å². The molecule has 0 saturated heterocycles. The Balaban J connectivity index is 1.35. The van der Waals surface area contributed by atoms with Gasteiger partial charge in [0.1, 0.15) is 29.0 Å². The summed E-state index contributed by atoms with van der Waals surface area (Å²) < 4.78 is 5.15. The van der Waals surface area contributed by atoms with E-state index in [-0.39, 0.29) is 5.91 Å². The lowest BCUT2D eigenvalue weighted by molar-refractivity contribution is -0.116. The summed E-state index contributed by atoms with van der Waals surface area (Å²) in [6.45, 7) is 5.57. The summed E-state index contributed by atoms with van der Waals surface area (Å²) in [5, 5.41) is 13.3. The van der Waals surface area contributed by atoms with Crippen molar-refractivity contribution in [3.8, 4) is 0 Å². The largest absolute Gasteiger partial charge is 0.361 e. The Bertz CT molecular complexity index is 1220. The molecule has 3 aromatic heterocycles. The van der Waals surface area contributed by atoms with E-state index >= 15 is 0 Å². The van der Waals surface area contributed by atoms with Gasteiger partial charge in [0.05, 0.1) is 5.69 Å². The summed E-state index contributed by atoms with van der Waals surface area (Å²) >= 11 is 0. The third-order valence-electron chi connectivity index (χ3n) is 4.98. The van der Waals surface area contributed by atoms with E-state index in [0.29, 0.717) is 36.1 Å². The van der Waals surface area contributed by atoms with Gasteiger partial charge in [-0.25, -0.2) is 15.0 Å². The second-order valence-electron chi connectivity index (χ2n) is 7.58. The third kappa shape index (κ3) is 5.91. The molecule has 168 valence electrons. The number of amides is 1. The highest BCUT2D eigenvalue weighted by Crippen LogP contribution is 2.21. The van der Waals surface area contributed by atoms with Crippen molar-refractivity contribution >= 4 is 34.7 Å². The van der Waals surface area contributed by atoms with Crippen molar-refractivity contribution in [2.24, 2.45) is 0 Å². The molecule has 1 aromatic carbocycles. The van der Waals surface area contributed by atoms with Gasteiger partial charge in [-0.2, -0.15) is 0 Å². The molecule has 0 bridgehead atoms. The summed E-state index contributed by atoms with van der Waals surface area (Å²) in [7, 11) is 0. The molecule has 9 nitrogen and oxygen atoms in total. The van der Waals surface area contributed by atoms with Crippen molar-refractivity contribution < 1.29 is 9.32 Å². The van der Waals surface area contributed by atoms with E-state index in [1.54, 1.807) is 6.20 Å². The summed E-state index contributed by atoms with van der Waals surface area (Å²) in [6.07, 6.45) is 2.66. The molecular formula is C24H25N7O2. The molecule has 0 fully saturated rings. The van der Waals surface area contributed by atoms with Crippen molar-refractivity contribution in [1.82, 2.24) is 20.1 Å². The van der Waals surface area contributed by atoms with Crippen LogP contribution in [0.3, 0.4) is 0 Å². The number of anilines is 5. The van der Waals surface area contributed by atoms with E-state index in [0.717, 1.165) is 28.4 Å². The second-order valence-corrected chi connectivity index (χ2v) is 7.58. The lowest BCUT2D eigenvalue weighted by Gasteiger charge is -2.11. The van der Waals surface area contributed by atoms with E-state index < -0.39 is 0 Å². The summed E-state index contributed by atoms with van der Waals surface area (Å²) in [4.78, 5) is 25.4. The molecule has 0 aliphatic carbocycles. The van der Waals surface area contributed by atoms with Crippen LogP contribution >= 0.6 is 0 Å². The first-order valence-corrected chi connectivity index (χ1v) is 10.6. The normalized spacial score (nSPS) is 10.6. The minimum Gasteiger partial charge on any atom is -0.361 e. The fraction of sp³-hybridized carbons (Fsp3) is 0.208. The molecule has 0 radical (unpaired) electrons. The number of pyridine rings is 1. The lowest BCUT2D eigenvalue weighted by Crippen LogP contribution is -2.12. The van der Waals surface area contributed by atoms with E-state index in [1.807, 2.05) is 69.3 Å². The average Bonchev–Trinajstić information content (AvgIpc) is 3.11. The average molecular weight is 444 g/mol. The topological polar surface area (TPSA) is 118 Å². The Kier molecular flexibility index (Phi) is 6.58. The first-order valence-electron chi connectivity index (χ1n) is 10.6. The highest BCUT2D eigenvalue weighted by Gasteiger charge is 2.11. The van der Waals surface area contributed by atoms with Gasteiger partial charge in [-0.3, -0.25) is 4.79 Å². The minimum atomic E-state index is -0.0626. The molecule has 4 aromatic rings. The fourth-order valence-corrected chi connectivity index (χ4v) is 3.37. The molecule has 4 rings (SSSR count).